The summed E-state index contributed by atoms with van der Waals surface area (Å²) >= 11 is 0. The van der Waals surface area contributed by atoms with E-state index in [4.69, 9.17) is 9.47 Å². The molecule has 2 fully saturated rings. The highest BCUT2D eigenvalue weighted by atomic mass is 16.5. The summed E-state index contributed by atoms with van der Waals surface area (Å²) in [5.41, 5.74) is 0.576. The maximum absolute atomic E-state index is 9.25. The molecule has 0 aliphatic carbocycles. The third kappa shape index (κ3) is 4.83. The second kappa shape index (κ2) is 8.86. The van der Waals surface area contributed by atoms with E-state index >= 15 is 0 Å². The lowest BCUT2D eigenvalue weighted by Crippen LogP contribution is -2.15. The van der Waals surface area contributed by atoms with E-state index in [9.17, 15) is 5.26 Å². The van der Waals surface area contributed by atoms with Crippen molar-refractivity contribution in [3.05, 3.63) is 17.7 Å². The fourth-order valence-corrected chi connectivity index (χ4v) is 3.24. The molecule has 2 unspecified atom stereocenters. The van der Waals surface area contributed by atoms with Gasteiger partial charge in [-0.2, -0.15) is 5.26 Å². The number of hydrogen-bond acceptors (Lipinski definition) is 6. The van der Waals surface area contributed by atoms with E-state index in [0.29, 0.717) is 23.6 Å². The van der Waals surface area contributed by atoms with E-state index in [1.807, 2.05) is 12.1 Å². The lowest BCUT2D eigenvalue weighted by atomic mass is 10.2. The first-order chi connectivity index (χ1) is 11.8. The topological polar surface area (TPSA) is 79.2 Å². The fraction of sp³-hybridized carbons (Fsp3) is 0.667. The van der Waals surface area contributed by atoms with Crippen LogP contribution in [0.25, 0.3) is 0 Å². The van der Waals surface area contributed by atoms with E-state index < -0.39 is 0 Å². The third-order valence-corrected chi connectivity index (χ3v) is 4.59. The standard InChI is InChI=1S/C18H26N4O2/c19-13-14-5-6-17(20-9-7-15-3-1-11-23-15)22-18(14)21-10-8-16-4-2-12-24-16/h5-6,15-16H,1-4,7-12H2,(H2,20,21,22). The molecular weight excluding hydrogens is 304 g/mol. The van der Waals surface area contributed by atoms with Crippen molar-refractivity contribution in [1.82, 2.24) is 4.98 Å². The summed E-state index contributed by atoms with van der Waals surface area (Å²) in [6.07, 6.45) is 7.25. The van der Waals surface area contributed by atoms with Crippen molar-refractivity contribution >= 4 is 11.6 Å². The van der Waals surface area contributed by atoms with Crippen LogP contribution in [0.3, 0.4) is 0 Å². The van der Waals surface area contributed by atoms with Crippen molar-refractivity contribution < 1.29 is 9.47 Å². The average molecular weight is 330 g/mol. The number of pyridine rings is 1. The zero-order valence-electron chi connectivity index (χ0n) is 14.1. The number of nitriles is 1. The Morgan fingerprint density at radius 3 is 2.29 bits per heavy atom. The number of aromatic nitrogens is 1. The van der Waals surface area contributed by atoms with Gasteiger partial charge in [-0.1, -0.05) is 0 Å². The number of anilines is 2. The smallest absolute Gasteiger partial charge is 0.146 e. The predicted octanol–water partition coefficient (Wildman–Crippen LogP) is 2.92. The van der Waals surface area contributed by atoms with Crippen LogP contribution >= 0.6 is 0 Å². The summed E-state index contributed by atoms with van der Waals surface area (Å²) in [6, 6.07) is 5.87. The van der Waals surface area contributed by atoms with Crippen LogP contribution in [0.2, 0.25) is 0 Å². The van der Waals surface area contributed by atoms with E-state index in [1.54, 1.807) is 0 Å². The first-order valence-electron chi connectivity index (χ1n) is 8.97. The van der Waals surface area contributed by atoms with E-state index in [0.717, 1.165) is 64.2 Å². The second-order valence-electron chi connectivity index (χ2n) is 6.41. The Labute approximate surface area is 143 Å². The van der Waals surface area contributed by atoms with Crippen LogP contribution in [0, 0.1) is 11.3 Å². The molecule has 1 aromatic rings. The number of nitrogens with zero attached hydrogens (tertiary/aromatic N) is 2. The van der Waals surface area contributed by atoms with Crippen LogP contribution in [-0.4, -0.2) is 43.5 Å². The van der Waals surface area contributed by atoms with Gasteiger partial charge in [-0.3, -0.25) is 0 Å². The van der Waals surface area contributed by atoms with E-state index in [-0.39, 0.29) is 0 Å². The molecule has 2 atom stereocenters. The van der Waals surface area contributed by atoms with Gasteiger partial charge in [0.2, 0.25) is 0 Å². The van der Waals surface area contributed by atoms with Crippen molar-refractivity contribution in [3.8, 4) is 6.07 Å². The van der Waals surface area contributed by atoms with Gasteiger partial charge < -0.3 is 20.1 Å². The van der Waals surface area contributed by atoms with Crippen molar-refractivity contribution in [3.63, 3.8) is 0 Å². The lowest BCUT2D eigenvalue weighted by Gasteiger charge is -2.14. The van der Waals surface area contributed by atoms with Gasteiger partial charge in [0.25, 0.3) is 0 Å². The summed E-state index contributed by atoms with van der Waals surface area (Å²) in [6.45, 7) is 3.36. The maximum atomic E-state index is 9.25. The van der Waals surface area contributed by atoms with Gasteiger partial charge in [-0.25, -0.2) is 4.98 Å². The molecule has 2 saturated heterocycles. The summed E-state index contributed by atoms with van der Waals surface area (Å²) in [7, 11) is 0. The van der Waals surface area contributed by atoms with Gasteiger partial charge in [-0.05, 0) is 50.7 Å². The van der Waals surface area contributed by atoms with Crippen LogP contribution in [0.4, 0.5) is 11.6 Å². The molecule has 2 N–H and O–H groups in total. The van der Waals surface area contributed by atoms with Crippen LogP contribution < -0.4 is 10.6 Å². The van der Waals surface area contributed by atoms with Crippen LogP contribution in [0.15, 0.2) is 12.1 Å². The number of nitrogens with one attached hydrogen (secondary N) is 2. The van der Waals surface area contributed by atoms with Gasteiger partial charge in [0.1, 0.15) is 17.7 Å². The van der Waals surface area contributed by atoms with Crippen molar-refractivity contribution in [1.29, 1.82) is 5.26 Å². The van der Waals surface area contributed by atoms with Crippen molar-refractivity contribution in [2.24, 2.45) is 0 Å². The third-order valence-electron chi connectivity index (χ3n) is 4.59. The molecule has 0 saturated carbocycles. The molecular formula is C18H26N4O2. The zero-order valence-corrected chi connectivity index (χ0v) is 14.1. The quantitative estimate of drug-likeness (QED) is 0.763. The summed E-state index contributed by atoms with van der Waals surface area (Å²) in [4.78, 5) is 4.55. The molecule has 3 heterocycles. The largest absolute Gasteiger partial charge is 0.378 e. The van der Waals surface area contributed by atoms with Crippen LogP contribution in [-0.2, 0) is 9.47 Å². The van der Waals surface area contributed by atoms with Crippen LogP contribution in [0.5, 0.6) is 0 Å². The molecule has 6 nitrogen and oxygen atoms in total. The van der Waals surface area contributed by atoms with Gasteiger partial charge in [0.15, 0.2) is 0 Å². The van der Waals surface area contributed by atoms with Gasteiger partial charge in [0.05, 0.1) is 17.8 Å². The van der Waals surface area contributed by atoms with Crippen molar-refractivity contribution in [2.45, 2.75) is 50.7 Å². The summed E-state index contributed by atoms with van der Waals surface area (Å²) in [5.74, 6) is 1.45. The van der Waals surface area contributed by atoms with Gasteiger partial charge in [-0.15, -0.1) is 0 Å². The molecule has 0 amide bonds. The van der Waals surface area contributed by atoms with Gasteiger partial charge >= 0.3 is 0 Å². The first-order valence-corrected chi connectivity index (χ1v) is 8.97. The molecule has 0 radical (unpaired) electrons. The second-order valence-corrected chi connectivity index (χ2v) is 6.41. The number of rotatable bonds is 8. The summed E-state index contributed by atoms with van der Waals surface area (Å²) in [5, 5.41) is 15.9. The molecule has 130 valence electrons. The normalized spacial score (nSPS) is 23.1. The van der Waals surface area contributed by atoms with Crippen LogP contribution in [0.1, 0.15) is 44.1 Å². The molecule has 2 aliphatic heterocycles. The number of ether oxygens (including phenoxy) is 2. The Morgan fingerprint density at radius 2 is 1.71 bits per heavy atom. The van der Waals surface area contributed by atoms with Gasteiger partial charge in [0, 0.05) is 26.3 Å². The fourth-order valence-electron chi connectivity index (χ4n) is 3.24. The Morgan fingerprint density at radius 1 is 1.04 bits per heavy atom. The Balaban J connectivity index is 1.48. The Hall–Kier alpha value is -1.84. The highest BCUT2D eigenvalue weighted by Gasteiger charge is 2.16. The first kappa shape index (κ1) is 17.0. The highest BCUT2D eigenvalue weighted by molar-refractivity contribution is 5.56. The Kier molecular flexibility index (Phi) is 6.27. The highest BCUT2D eigenvalue weighted by Crippen LogP contribution is 2.19. The molecule has 2 aliphatic rings. The Bertz CT molecular complexity index is 561. The minimum absolute atomic E-state index is 0.343. The minimum atomic E-state index is 0.343. The van der Waals surface area contributed by atoms with E-state index in [1.165, 1.54) is 6.42 Å². The minimum Gasteiger partial charge on any atom is -0.378 e. The molecule has 0 spiro atoms. The molecule has 0 aromatic carbocycles. The molecule has 0 bridgehead atoms. The van der Waals surface area contributed by atoms with E-state index in [2.05, 4.69) is 21.7 Å². The lowest BCUT2D eigenvalue weighted by molar-refractivity contribution is 0.107. The van der Waals surface area contributed by atoms with Crippen molar-refractivity contribution in [2.75, 3.05) is 36.9 Å². The average Bonchev–Trinajstić information content (AvgIpc) is 3.29. The predicted molar refractivity (Wildman–Crippen MR) is 93.1 cm³/mol. The molecule has 1 aromatic heterocycles. The summed E-state index contributed by atoms with van der Waals surface area (Å²) < 4.78 is 11.2. The molecule has 6 heteroatoms. The monoisotopic (exact) mass is 330 g/mol. The zero-order chi connectivity index (χ0) is 16.6. The molecule has 24 heavy (non-hydrogen) atoms. The molecule has 3 rings (SSSR count). The SMILES string of the molecule is N#Cc1ccc(NCCC2CCCO2)nc1NCCC1CCCO1. The maximum Gasteiger partial charge on any atom is 0.146 e. The number of hydrogen-bond donors (Lipinski definition) is 2.